The second kappa shape index (κ2) is 9.05. The van der Waals surface area contributed by atoms with E-state index >= 15 is 0 Å². The van der Waals surface area contributed by atoms with Crippen LogP contribution in [0.15, 0.2) is 138 Å². The van der Waals surface area contributed by atoms with Gasteiger partial charge in [-0.2, -0.15) is 0 Å². The molecule has 9 rings (SSSR count). The van der Waals surface area contributed by atoms with Crippen LogP contribution in [0.1, 0.15) is 11.1 Å². The van der Waals surface area contributed by atoms with Gasteiger partial charge in [-0.25, -0.2) is 0 Å². The van der Waals surface area contributed by atoms with E-state index in [1.165, 1.54) is 70.9 Å². The molecule has 0 unspecified atom stereocenters. The van der Waals surface area contributed by atoms with Crippen LogP contribution in [-0.4, -0.2) is 0 Å². The fourth-order valence-electron chi connectivity index (χ4n) is 7.44. The third-order valence-corrected chi connectivity index (χ3v) is 9.46. The van der Waals surface area contributed by atoms with Crippen molar-refractivity contribution < 1.29 is 4.42 Å². The minimum atomic E-state index is 0.911. The molecule has 0 aliphatic heterocycles. The first-order chi connectivity index (χ1) is 21.2. The Kier molecular flexibility index (Phi) is 5.10. The van der Waals surface area contributed by atoms with E-state index < -0.39 is 0 Å². The lowest BCUT2D eigenvalue weighted by Crippen LogP contribution is -1.89. The average Bonchev–Trinajstić information content (AvgIpc) is 3.44. The largest absolute Gasteiger partial charge is 0.455 e. The molecule has 0 saturated carbocycles. The van der Waals surface area contributed by atoms with Gasteiger partial charge in [0.1, 0.15) is 11.2 Å². The molecule has 0 saturated heterocycles. The van der Waals surface area contributed by atoms with Crippen molar-refractivity contribution in [3.05, 3.63) is 145 Å². The topological polar surface area (TPSA) is 13.1 Å². The highest BCUT2D eigenvalue weighted by Gasteiger charge is 2.19. The fraction of sp³-hybridized carbons (Fsp3) is 0.0476. The molecular formula is C42H28O. The van der Waals surface area contributed by atoms with Gasteiger partial charge >= 0.3 is 0 Å². The van der Waals surface area contributed by atoms with E-state index in [1.807, 2.05) is 0 Å². The summed E-state index contributed by atoms with van der Waals surface area (Å²) in [4.78, 5) is 0. The van der Waals surface area contributed by atoms with Gasteiger partial charge < -0.3 is 4.42 Å². The molecule has 43 heavy (non-hydrogen) atoms. The van der Waals surface area contributed by atoms with Crippen LogP contribution in [0.3, 0.4) is 0 Å². The third kappa shape index (κ3) is 3.40. The van der Waals surface area contributed by atoms with Crippen LogP contribution in [0.5, 0.6) is 0 Å². The number of hydrogen-bond acceptors (Lipinski definition) is 1. The van der Waals surface area contributed by atoms with Crippen molar-refractivity contribution in [2.45, 2.75) is 13.8 Å². The van der Waals surface area contributed by atoms with Crippen molar-refractivity contribution in [2.75, 3.05) is 0 Å². The van der Waals surface area contributed by atoms with Gasteiger partial charge in [0.05, 0.1) is 0 Å². The lowest BCUT2D eigenvalue weighted by molar-refractivity contribution is 0.670. The Labute approximate surface area is 249 Å². The molecule has 0 amide bonds. The molecule has 8 aromatic carbocycles. The molecule has 202 valence electrons. The number of fused-ring (bicyclic) bond motifs is 7. The van der Waals surface area contributed by atoms with Crippen molar-refractivity contribution in [3.8, 4) is 22.3 Å². The summed E-state index contributed by atoms with van der Waals surface area (Å²) in [5, 5.41) is 12.5. The number of rotatable bonds is 2. The highest BCUT2D eigenvalue weighted by atomic mass is 16.3. The predicted octanol–water partition coefficient (Wildman–Crippen LogP) is 12.1. The van der Waals surface area contributed by atoms with Gasteiger partial charge in [-0.3, -0.25) is 0 Å². The molecule has 1 heteroatoms. The lowest BCUT2D eigenvalue weighted by atomic mass is 9.88. The summed E-state index contributed by atoms with van der Waals surface area (Å²) in [6.45, 7) is 4.47. The van der Waals surface area contributed by atoms with Crippen LogP contribution in [0.2, 0.25) is 0 Å². The summed E-state index contributed by atoms with van der Waals surface area (Å²) in [6, 6.07) is 48.4. The maximum Gasteiger partial charge on any atom is 0.143 e. The Balaban J connectivity index is 1.35. The van der Waals surface area contributed by atoms with Crippen LogP contribution in [-0.2, 0) is 0 Å². The summed E-state index contributed by atoms with van der Waals surface area (Å²) in [7, 11) is 0. The molecule has 0 fully saturated rings. The van der Waals surface area contributed by atoms with E-state index in [0.717, 1.165) is 27.5 Å². The highest BCUT2D eigenvalue weighted by Crippen LogP contribution is 2.45. The molecule has 0 radical (unpaired) electrons. The fourth-order valence-corrected chi connectivity index (χ4v) is 7.44. The van der Waals surface area contributed by atoms with Crippen LogP contribution in [0.25, 0.3) is 87.3 Å². The number of benzene rings is 8. The Morgan fingerprint density at radius 3 is 1.33 bits per heavy atom. The molecule has 0 N–H and O–H groups in total. The standard InChI is InChI=1S/C42H28O/c1-25-28-12-3-7-16-33(28)40(34-17-8-4-13-29(25)34)27-22-23-32-37-20-11-21-38(42(37)43-39(32)24-27)41-35-18-9-5-14-30(35)26(2)31-15-6-10-19-36(31)41/h3-24H,1-2H3. The molecule has 9 aromatic rings. The first-order valence-corrected chi connectivity index (χ1v) is 14.9. The van der Waals surface area contributed by atoms with Crippen LogP contribution < -0.4 is 0 Å². The van der Waals surface area contributed by atoms with Crippen molar-refractivity contribution in [2.24, 2.45) is 0 Å². The minimum absolute atomic E-state index is 0.911. The van der Waals surface area contributed by atoms with Gasteiger partial charge in [0.15, 0.2) is 0 Å². The Morgan fingerprint density at radius 1 is 0.372 bits per heavy atom. The van der Waals surface area contributed by atoms with Crippen molar-refractivity contribution in [1.82, 2.24) is 0 Å². The van der Waals surface area contributed by atoms with E-state index in [9.17, 15) is 0 Å². The van der Waals surface area contributed by atoms with Crippen LogP contribution in [0.4, 0.5) is 0 Å². The summed E-state index contributed by atoms with van der Waals surface area (Å²) in [6.07, 6.45) is 0. The summed E-state index contributed by atoms with van der Waals surface area (Å²) in [5.41, 5.74) is 9.28. The number of para-hydroxylation sites is 1. The zero-order chi connectivity index (χ0) is 28.7. The summed E-state index contributed by atoms with van der Waals surface area (Å²) >= 11 is 0. The third-order valence-electron chi connectivity index (χ3n) is 9.46. The maximum atomic E-state index is 6.88. The second-order valence-electron chi connectivity index (χ2n) is 11.7. The quantitative estimate of drug-likeness (QED) is 0.196. The zero-order valence-electron chi connectivity index (χ0n) is 24.1. The Morgan fingerprint density at radius 2 is 0.814 bits per heavy atom. The normalized spacial score (nSPS) is 12.0. The average molecular weight is 549 g/mol. The summed E-state index contributed by atoms with van der Waals surface area (Å²) in [5.74, 6) is 0. The van der Waals surface area contributed by atoms with Gasteiger partial charge in [0.2, 0.25) is 0 Å². The van der Waals surface area contributed by atoms with E-state index in [-0.39, 0.29) is 0 Å². The van der Waals surface area contributed by atoms with Crippen LogP contribution in [0, 0.1) is 13.8 Å². The number of aryl methyl sites for hydroxylation is 2. The predicted molar refractivity (Wildman–Crippen MR) is 184 cm³/mol. The minimum Gasteiger partial charge on any atom is -0.455 e. The molecule has 0 bridgehead atoms. The second-order valence-corrected chi connectivity index (χ2v) is 11.7. The molecule has 1 aromatic heterocycles. The highest BCUT2D eigenvalue weighted by molar-refractivity contribution is 6.21. The number of furan rings is 1. The maximum absolute atomic E-state index is 6.88. The van der Waals surface area contributed by atoms with Crippen molar-refractivity contribution >= 4 is 65.0 Å². The zero-order valence-corrected chi connectivity index (χ0v) is 24.1. The van der Waals surface area contributed by atoms with Gasteiger partial charge in [0, 0.05) is 21.9 Å². The monoisotopic (exact) mass is 548 g/mol. The Hall–Kier alpha value is -5.40. The van der Waals surface area contributed by atoms with Gasteiger partial charge in [-0.1, -0.05) is 121 Å². The first kappa shape index (κ1) is 24.2. The summed E-state index contributed by atoms with van der Waals surface area (Å²) < 4.78 is 6.88. The molecule has 0 aliphatic carbocycles. The smallest absolute Gasteiger partial charge is 0.143 e. The number of hydrogen-bond donors (Lipinski definition) is 0. The van der Waals surface area contributed by atoms with E-state index in [4.69, 9.17) is 4.42 Å². The molecule has 0 atom stereocenters. The SMILES string of the molecule is Cc1c2ccccc2c(-c2ccc3c(c2)oc2c(-c4c5ccccc5c(C)c5ccccc45)cccc23)c2ccccc12. The Bertz CT molecular complexity index is 2470. The van der Waals surface area contributed by atoms with Crippen molar-refractivity contribution in [3.63, 3.8) is 0 Å². The van der Waals surface area contributed by atoms with Crippen LogP contribution >= 0.6 is 0 Å². The van der Waals surface area contributed by atoms with E-state index in [0.29, 0.717) is 0 Å². The molecule has 1 heterocycles. The van der Waals surface area contributed by atoms with Gasteiger partial charge in [0.25, 0.3) is 0 Å². The molecule has 1 nitrogen and oxygen atoms in total. The first-order valence-electron chi connectivity index (χ1n) is 14.9. The van der Waals surface area contributed by atoms with E-state index in [2.05, 4.69) is 147 Å². The molecular weight excluding hydrogens is 520 g/mol. The van der Waals surface area contributed by atoms with Gasteiger partial charge in [-0.15, -0.1) is 0 Å². The molecule has 0 spiro atoms. The van der Waals surface area contributed by atoms with Gasteiger partial charge in [-0.05, 0) is 91.3 Å². The van der Waals surface area contributed by atoms with Crippen molar-refractivity contribution in [1.29, 1.82) is 0 Å². The lowest BCUT2D eigenvalue weighted by Gasteiger charge is -2.15. The van der Waals surface area contributed by atoms with E-state index in [1.54, 1.807) is 0 Å². The molecule has 0 aliphatic rings.